The molecule has 1 aromatic carbocycles. The number of amides is 1. The van der Waals surface area contributed by atoms with Crippen molar-refractivity contribution in [2.45, 2.75) is 25.8 Å². The largest absolute Gasteiger partial charge is 0.339 e. The lowest BCUT2D eigenvalue weighted by molar-refractivity contribution is 0.0938. The van der Waals surface area contributed by atoms with Crippen LogP contribution in [-0.4, -0.2) is 10.9 Å². The fourth-order valence-corrected chi connectivity index (χ4v) is 3.44. The van der Waals surface area contributed by atoms with Crippen LogP contribution in [0.15, 0.2) is 66.2 Å². The second kappa shape index (κ2) is 7.88. The molecule has 0 aliphatic carbocycles. The lowest BCUT2D eigenvalue weighted by Gasteiger charge is -2.18. The fraction of sp³-hybridized carbons (Fsp3) is 0.200. The van der Waals surface area contributed by atoms with E-state index in [1.165, 1.54) is 5.56 Å². The van der Waals surface area contributed by atoms with E-state index in [0.717, 1.165) is 23.3 Å². The fourth-order valence-electron chi connectivity index (χ4n) is 2.64. The van der Waals surface area contributed by atoms with Crippen LogP contribution in [0.3, 0.4) is 0 Å². The SMILES string of the molecule is CCCc1ccc(C(NC(=O)c2ccccn2)c2cccs2)cc1. The number of carbonyl (C=O) groups is 1. The highest BCUT2D eigenvalue weighted by atomic mass is 32.1. The number of nitrogens with one attached hydrogen (secondary N) is 1. The van der Waals surface area contributed by atoms with Crippen LogP contribution in [0, 0.1) is 0 Å². The number of nitrogens with zero attached hydrogens (tertiary/aromatic N) is 1. The molecule has 1 N–H and O–H groups in total. The van der Waals surface area contributed by atoms with E-state index >= 15 is 0 Å². The van der Waals surface area contributed by atoms with Crippen LogP contribution in [0.1, 0.15) is 45.9 Å². The number of aromatic nitrogens is 1. The maximum absolute atomic E-state index is 12.5. The Morgan fingerprint density at radius 1 is 1.12 bits per heavy atom. The van der Waals surface area contributed by atoms with Gasteiger partial charge in [0.05, 0.1) is 6.04 Å². The van der Waals surface area contributed by atoms with Crippen molar-refractivity contribution in [3.63, 3.8) is 0 Å². The Morgan fingerprint density at radius 2 is 1.96 bits per heavy atom. The molecule has 4 heteroatoms. The number of thiophene rings is 1. The third kappa shape index (κ3) is 3.89. The molecule has 1 amide bonds. The van der Waals surface area contributed by atoms with Crippen molar-refractivity contribution < 1.29 is 4.79 Å². The Labute approximate surface area is 146 Å². The summed E-state index contributed by atoms with van der Waals surface area (Å²) in [6.45, 7) is 2.18. The van der Waals surface area contributed by atoms with Crippen LogP contribution in [0.5, 0.6) is 0 Å². The van der Waals surface area contributed by atoms with Gasteiger partial charge in [-0.2, -0.15) is 0 Å². The van der Waals surface area contributed by atoms with Crippen molar-refractivity contribution >= 4 is 17.2 Å². The Morgan fingerprint density at radius 3 is 2.58 bits per heavy atom. The minimum absolute atomic E-state index is 0.157. The minimum Gasteiger partial charge on any atom is -0.339 e. The number of hydrogen-bond donors (Lipinski definition) is 1. The first-order chi connectivity index (χ1) is 11.8. The molecule has 24 heavy (non-hydrogen) atoms. The van der Waals surface area contributed by atoms with Crippen LogP contribution < -0.4 is 5.32 Å². The van der Waals surface area contributed by atoms with Crippen molar-refractivity contribution in [3.05, 3.63) is 87.9 Å². The third-order valence-corrected chi connectivity index (χ3v) is 4.79. The Hall–Kier alpha value is -2.46. The molecule has 0 fully saturated rings. The van der Waals surface area contributed by atoms with E-state index in [-0.39, 0.29) is 11.9 Å². The summed E-state index contributed by atoms with van der Waals surface area (Å²) in [6, 6.07) is 17.8. The maximum atomic E-state index is 12.5. The van der Waals surface area contributed by atoms with E-state index in [1.807, 2.05) is 23.6 Å². The van der Waals surface area contributed by atoms with Gasteiger partial charge in [0.25, 0.3) is 5.91 Å². The summed E-state index contributed by atoms with van der Waals surface area (Å²) >= 11 is 1.64. The average Bonchev–Trinajstić information content (AvgIpc) is 3.16. The molecule has 3 aromatic rings. The summed E-state index contributed by atoms with van der Waals surface area (Å²) in [5.41, 5.74) is 2.84. The molecule has 0 saturated carbocycles. The number of hydrogen-bond acceptors (Lipinski definition) is 3. The zero-order valence-corrected chi connectivity index (χ0v) is 14.4. The lowest BCUT2D eigenvalue weighted by Crippen LogP contribution is -2.29. The van der Waals surface area contributed by atoms with Crippen LogP contribution in [0.4, 0.5) is 0 Å². The summed E-state index contributed by atoms with van der Waals surface area (Å²) in [6.07, 6.45) is 3.84. The van der Waals surface area contributed by atoms with Crippen LogP contribution in [0.25, 0.3) is 0 Å². The highest BCUT2D eigenvalue weighted by Gasteiger charge is 2.19. The summed E-state index contributed by atoms with van der Waals surface area (Å²) in [7, 11) is 0. The lowest BCUT2D eigenvalue weighted by atomic mass is 10.0. The zero-order valence-electron chi connectivity index (χ0n) is 13.6. The van der Waals surface area contributed by atoms with Crippen molar-refractivity contribution in [1.82, 2.24) is 10.3 Å². The van der Waals surface area contributed by atoms with Gasteiger partial charge in [-0.1, -0.05) is 49.7 Å². The second-order valence-corrected chi connectivity index (χ2v) is 6.61. The van der Waals surface area contributed by atoms with Gasteiger partial charge in [-0.25, -0.2) is 0 Å². The quantitative estimate of drug-likeness (QED) is 0.714. The topological polar surface area (TPSA) is 42.0 Å². The Bertz CT molecular complexity index is 767. The number of pyridine rings is 1. The van der Waals surface area contributed by atoms with Gasteiger partial charge in [-0.05, 0) is 41.1 Å². The molecule has 1 atom stereocenters. The normalized spacial score (nSPS) is 11.9. The molecule has 0 saturated heterocycles. The van der Waals surface area contributed by atoms with E-state index in [0.29, 0.717) is 5.69 Å². The Kier molecular flexibility index (Phi) is 5.39. The van der Waals surface area contributed by atoms with Crippen molar-refractivity contribution in [3.8, 4) is 0 Å². The van der Waals surface area contributed by atoms with E-state index < -0.39 is 0 Å². The Balaban J connectivity index is 1.86. The number of benzene rings is 1. The van der Waals surface area contributed by atoms with Crippen LogP contribution >= 0.6 is 11.3 Å². The summed E-state index contributed by atoms with van der Waals surface area (Å²) < 4.78 is 0. The molecule has 1 unspecified atom stereocenters. The molecular weight excluding hydrogens is 316 g/mol. The molecule has 0 aliphatic heterocycles. The predicted molar refractivity (Wildman–Crippen MR) is 98.3 cm³/mol. The van der Waals surface area contributed by atoms with Crippen LogP contribution in [0.2, 0.25) is 0 Å². The van der Waals surface area contributed by atoms with Gasteiger partial charge in [-0.15, -0.1) is 11.3 Å². The van der Waals surface area contributed by atoms with Crippen molar-refractivity contribution in [2.24, 2.45) is 0 Å². The second-order valence-electron chi connectivity index (χ2n) is 5.63. The molecule has 3 rings (SSSR count). The van der Waals surface area contributed by atoms with Crippen molar-refractivity contribution in [2.75, 3.05) is 0 Å². The first kappa shape index (κ1) is 16.4. The zero-order chi connectivity index (χ0) is 16.8. The van der Waals surface area contributed by atoms with Gasteiger partial charge in [-0.3, -0.25) is 9.78 Å². The van der Waals surface area contributed by atoms with Gasteiger partial charge in [0.15, 0.2) is 0 Å². The molecule has 122 valence electrons. The van der Waals surface area contributed by atoms with Crippen molar-refractivity contribution in [1.29, 1.82) is 0 Å². The first-order valence-corrected chi connectivity index (χ1v) is 9.00. The molecule has 0 radical (unpaired) electrons. The highest BCUT2D eigenvalue weighted by molar-refractivity contribution is 7.10. The smallest absolute Gasteiger partial charge is 0.270 e. The summed E-state index contributed by atoms with van der Waals surface area (Å²) in [5, 5.41) is 5.14. The number of aryl methyl sites for hydroxylation is 1. The monoisotopic (exact) mass is 336 g/mol. The highest BCUT2D eigenvalue weighted by Crippen LogP contribution is 2.26. The molecule has 0 spiro atoms. The molecule has 0 bridgehead atoms. The molecule has 3 nitrogen and oxygen atoms in total. The van der Waals surface area contributed by atoms with Gasteiger partial charge in [0.1, 0.15) is 5.69 Å². The molecular formula is C20H20N2OS. The van der Waals surface area contributed by atoms with E-state index in [1.54, 1.807) is 29.7 Å². The predicted octanol–water partition coefficient (Wildman–Crippen LogP) is 4.62. The summed E-state index contributed by atoms with van der Waals surface area (Å²) in [4.78, 5) is 17.8. The number of carbonyl (C=O) groups excluding carboxylic acids is 1. The minimum atomic E-state index is -0.161. The van der Waals surface area contributed by atoms with Gasteiger partial charge >= 0.3 is 0 Å². The van der Waals surface area contributed by atoms with Gasteiger partial charge < -0.3 is 5.32 Å². The molecule has 2 aromatic heterocycles. The van der Waals surface area contributed by atoms with Gasteiger partial charge in [0.2, 0.25) is 0 Å². The third-order valence-electron chi connectivity index (χ3n) is 3.85. The van der Waals surface area contributed by atoms with E-state index in [4.69, 9.17) is 0 Å². The standard InChI is InChI=1S/C20H20N2OS/c1-2-6-15-9-11-16(12-10-15)19(18-8-5-14-24-18)22-20(23)17-7-3-4-13-21-17/h3-5,7-14,19H,2,6H2,1H3,(H,22,23). The number of rotatable bonds is 6. The molecule has 0 aliphatic rings. The maximum Gasteiger partial charge on any atom is 0.270 e. The first-order valence-electron chi connectivity index (χ1n) is 8.12. The molecule has 2 heterocycles. The van der Waals surface area contributed by atoms with Gasteiger partial charge in [0, 0.05) is 11.1 Å². The summed E-state index contributed by atoms with van der Waals surface area (Å²) in [5.74, 6) is -0.161. The van der Waals surface area contributed by atoms with E-state index in [9.17, 15) is 4.79 Å². The van der Waals surface area contributed by atoms with E-state index in [2.05, 4.69) is 41.5 Å². The van der Waals surface area contributed by atoms with Crippen LogP contribution in [-0.2, 0) is 6.42 Å². The average molecular weight is 336 g/mol.